The lowest BCUT2D eigenvalue weighted by Gasteiger charge is -2.09. The molecule has 3 rings (SSSR count). The normalized spacial score (nSPS) is 10.5. The van der Waals surface area contributed by atoms with Gasteiger partial charge in [0.1, 0.15) is 6.54 Å². The van der Waals surface area contributed by atoms with Crippen LogP contribution in [0.15, 0.2) is 60.7 Å². The van der Waals surface area contributed by atoms with E-state index < -0.39 is 5.97 Å². The first kappa shape index (κ1) is 13.9. The van der Waals surface area contributed by atoms with E-state index in [-0.39, 0.29) is 12.5 Å². The molecular formula is C17H15N3O2. The summed E-state index contributed by atoms with van der Waals surface area (Å²) in [7, 11) is 0. The Morgan fingerprint density at radius 2 is 1.55 bits per heavy atom. The molecule has 0 bridgehead atoms. The molecule has 3 aromatic rings. The van der Waals surface area contributed by atoms with E-state index in [0.29, 0.717) is 11.4 Å². The summed E-state index contributed by atoms with van der Waals surface area (Å²) in [4.78, 5) is 15.5. The van der Waals surface area contributed by atoms with Crippen LogP contribution in [-0.4, -0.2) is 20.6 Å². The zero-order chi connectivity index (χ0) is 15.5. The van der Waals surface area contributed by atoms with Crippen molar-refractivity contribution in [3.05, 3.63) is 60.7 Å². The lowest BCUT2D eigenvalue weighted by molar-refractivity contribution is -0.137. The first-order chi connectivity index (χ1) is 10.7. The van der Waals surface area contributed by atoms with Gasteiger partial charge in [-0.15, -0.1) is 0 Å². The lowest BCUT2D eigenvalue weighted by Crippen LogP contribution is -2.12. The molecule has 0 aliphatic heterocycles. The molecule has 110 valence electrons. The van der Waals surface area contributed by atoms with Crippen molar-refractivity contribution in [2.45, 2.75) is 6.54 Å². The van der Waals surface area contributed by atoms with E-state index in [2.05, 4.69) is 4.98 Å². The van der Waals surface area contributed by atoms with Crippen molar-refractivity contribution in [3.8, 4) is 22.5 Å². The Labute approximate surface area is 127 Å². The first-order valence-corrected chi connectivity index (χ1v) is 6.85. The lowest BCUT2D eigenvalue weighted by atomic mass is 10.0. The fourth-order valence-corrected chi connectivity index (χ4v) is 2.45. The molecule has 0 saturated carbocycles. The number of benzene rings is 2. The van der Waals surface area contributed by atoms with E-state index in [1.807, 2.05) is 60.7 Å². The Morgan fingerprint density at radius 3 is 2.09 bits per heavy atom. The molecule has 3 N–H and O–H groups in total. The summed E-state index contributed by atoms with van der Waals surface area (Å²) in [6, 6.07) is 19.2. The molecule has 0 radical (unpaired) electrons. The van der Waals surface area contributed by atoms with Crippen LogP contribution >= 0.6 is 0 Å². The summed E-state index contributed by atoms with van der Waals surface area (Å²) in [6.07, 6.45) is 0. The Bertz CT molecular complexity index is 796. The minimum absolute atomic E-state index is 0.195. The molecule has 0 spiro atoms. The first-order valence-electron chi connectivity index (χ1n) is 6.85. The molecule has 22 heavy (non-hydrogen) atoms. The van der Waals surface area contributed by atoms with Crippen molar-refractivity contribution in [1.82, 2.24) is 9.55 Å². The number of anilines is 1. The number of imidazole rings is 1. The topological polar surface area (TPSA) is 81.1 Å². The van der Waals surface area contributed by atoms with Gasteiger partial charge in [-0.25, -0.2) is 4.98 Å². The van der Waals surface area contributed by atoms with Gasteiger partial charge in [-0.3, -0.25) is 9.36 Å². The third-order valence-corrected chi connectivity index (χ3v) is 3.38. The van der Waals surface area contributed by atoms with Crippen LogP contribution in [0.1, 0.15) is 0 Å². The second-order valence-electron chi connectivity index (χ2n) is 4.88. The number of nitrogens with zero attached hydrogens (tertiary/aromatic N) is 2. The Morgan fingerprint density at radius 1 is 1.00 bits per heavy atom. The number of aromatic nitrogens is 2. The Balaban J connectivity index is 2.25. The molecule has 0 aliphatic carbocycles. The number of rotatable bonds is 4. The number of aliphatic carboxylic acids is 1. The number of hydrogen-bond donors (Lipinski definition) is 2. The highest BCUT2D eigenvalue weighted by atomic mass is 16.4. The van der Waals surface area contributed by atoms with Gasteiger partial charge in [0.25, 0.3) is 0 Å². The van der Waals surface area contributed by atoms with Gasteiger partial charge in [-0.05, 0) is 0 Å². The predicted molar refractivity (Wildman–Crippen MR) is 85.1 cm³/mol. The summed E-state index contributed by atoms with van der Waals surface area (Å²) in [5, 5.41) is 9.14. The minimum Gasteiger partial charge on any atom is -0.480 e. The number of carbonyl (C=O) groups is 1. The fourth-order valence-electron chi connectivity index (χ4n) is 2.45. The van der Waals surface area contributed by atoms with Gasteiger partial charge in [-0.1, -0.05) is 60.7 Å². The van der Waals surface area contributed by atoms with Crippen LogP contribution in [0.5, 0.6) is 0 Å². The van der Waals surface area contributed by atoms with Gasteiger partial charge in [0.2, 0.25) is 5.95 Å². The van der Waals surface area contributed by atoms with Crippen LogP contribution in [0.25, 0.3) is 22.5 Å². The van der Waals surface area contributed by atoms with Gasteiger partial charge in [0, 0.05) is 11.1 Å². The maximum atomic E-state index is 11.1. The van der Waals surface area contributed by atoms with Crippen LogP contribution in [0.4, 0.5) is 5.95 Å². The van der Waals surface area contributed by atoms with Crippen molar-refractivity contribution in [3.63, 3.8) is 0 Å². The minimum atomic E-state index is -0.958. The molecule has 5 heteroatoms. The second kappa shape index (κ2) is 5.73. The van der Waals surface area contributed by atoms with Crippen molar-refractivity contribution in [2.24, 2.45) is 0 Å². The second-order valence-corrected chi connectivity index (χ2v) is 4.88. The number of nitrogen functional groups attached to an aromatic ring is 1. The summed E-state index contributed by atoms with van der Waals surface area (Å²) in [5.74, 6) is -0.763. The van der Waals surface area contributed by atoms with Crippen LogP contribution in [0.3, 0.4) is 0 Å². The maximum absolute atomic E-state index is 11.1. The van der Waals surface area contributed by atoms with Crippen molar-refractivity contribution >= 4 is 11.9 Å². The van der Waals surface area contributed by atoms with Gasteiger partial charge in [-0.2, -0.15) is 0 Å². The summed E-state index contributed by atoms with van der Waals surface area (Å²) in [6.45, 7) is -0.226. The summed E-state index contributed by atoms with van der Waals surface area (Å²) in [5.41, 5.74) is 9.14. The van der Waals surface area contributed by atoms with Gasteiger partial charge in [0.05, 0.1) is 11.4 Å². The van der Waals surface area contributed by atoms with E-state index in [9.17, 15) is 4.79 Å². The largest absolute Gasteiger partial charge is 0.480 e. The van der Waals surface area contributed by atoms with Crippen molar-refractivity contribution in [1.29, 1.82) is 0 Å². The van der Waals surface area contributed by atoms with Gasteiger partial charge >= 0.3 is 5.97 Å². The Hall–Kier alpha value is -3.08. The molecule has 2 aromatic carbocycles. The molecule has 0 atom stereocenters. The number of hydrogen-bond acceptors (Lipinski definition) is 3. The molecule has 0 fully saturated rings. The summed E-state index contributed by atoms with van der Waals surface area (Å²) >= 11 is 0. The molecule has 1 aromatic heterocycles. The van der Waals surface area contributed by atoms with Gasteiger partial charge in [0.15, 0.2) is 0 Å². The van der Waals surface area contributed by atoms with E-state index in [0.717, 1.165) is 11.1 Å². The van der Waals surface area contributed by atoms with Crippen molar-refractivity contribution in [2.75, 3.05) is 5.73 Å². The van der Waals surface area contributed by atoms with E-state index >= 15 is 0 Å². The number of carboxylic acid groups (broad SMARTS) is 1. The molecule has 5 nitrogen and oxygen atoms in total. The van der Waals surface area contributed by atoms with Crippen LogP contribution < -0.4 is 5.73 Å². The average molecular weight is 293 g/mol. The third kappa shape index (κ3) is 2.56. The number of carboxylic acids is 1. The van der Waals surface area contributed by atoms with Crippen molar-refractivity contribution < 1.29 is 9.90 Å². The zero-order valence-electron chi connectivity index (χ0n) is 11.8. The smallest absolute Gasteiger partial charge is 0.323 e. The monoisotopic (exact) mass is 293 g/mol. The molecule has 0 amide bonds. The molecule has 0 unspecified atom stereocenters. The van der Waals surface area contributed by atoms with Gasteiger partial charge < -0.3 is 10.8 Å². The van der Waals surface area contributed by atoms with Crippen LogP contribution in [0, 0.1) is 0 Å². The summed E-state index contributed by atoms with van der Waals surface area (Å²) < 4.78 is 1.53. The fraction of sp³-hybridized carbons (Fsp3) is 0.0588. The van der Waals surface area contributed by atoms with Crippen LogP contribution in [0.2, 0.25) is 0 Å². The average Bonchev–Trinajstić information content (AvgIpc) is 2.85. The third-order valence-electron chi connectivity index (χ3n) is 3.38. The van der Waals surface area contributed by atoms with Crippen LogP contribution in [-0.2, 0) is 11.3 Å². The van der Waals surface area contributed by atoms with E-state index in [1.54, 1.807) is 0 Å². The quantitative estimate of drug-likeness (QED) is 0.775. The highest BCUT2D eigenvalue weighted by molar-refractivity contribution is 5.82. The predicted octanol–water partition coefficient (Wildman–Crippen LogP) is 2.88. The number of nitrogens with two attached hydrogens (primary N) is 1. The highest BCUT2D eigenvalue weighted by Gasteiger charge is 2.19. The molecule has 0 aliphatic rings. The highest BCUT2D eigenvalue weighted by Crippen LogP contribution is 2.33. The Kier molecular flexibility index (Phi) is 3.62. The SMILES string of the molecule is Nc1nc(-c2ccccc2)c(-c2ccccc2)n1CC(=O)O. The van der Waals surface area contributed by atoms with E-state index in [1.165, 1.54) is 4.57 Å². The standard InChI is InChI=1S/C17H15N3O2/c18-17-19-15(12-7-3-1-4-8-12)16(20(17)11-14(21)22)13-9-5-2-6-10-13/h1-10H,11H2,(H2,18,19)(H,21,22). The molecular weight excluding hydrogens is 278 g/mol. The molecule has 0 saturated heterocycles. The van der Waals surface area contributed by atoms with E-state index in [4.69, 9.17) is 10.8 Å². The zero-order valence-corrected chi connectivity index (χ0v) is 11.8. The maximum Gasteiger partial charge on any atom is 0.323 e. The molecule has 1 heterocycles.